The number of benzene rings is 1. The van der Waals surface area contributed by atoms with E-state index in [1.807, 2.05) is 6.92 Å². The Morgan fingerprint density at radius 3 is 2.40 bits per heavy atom. The second-order valence-electron chi connectivity index (χ2n) is 7.06. The number of carbonyl (C=O) groups is 3. The summed E-state index contributed by atoms with van der Waals surface area (Å²) in [6, 6.07) is 6.67. The zero-order chi connectivity index (χ0) is 18.0. The SMILES string of the molecule is CC1CC(C(=O)O)CN(C(=O)Nc2cccc(NC(=O)C3CC3)c2)C1. The molecule has 2 fully saturated rings. The maximum Gasteiger partial charge on any atom is 0.321 e. The maximum absolute atomic E-state index is 12.5. The number of amides is 3. The van der Waals surface area contributed by atoms with Gasteiger partial charge in [-0.3, -0.25) is 9.59 Å². The molecule has 25 heavy (non-hydrogen) atoms. The summed E-state index contributed by atoms with van der Waals surface area (Å²) in [5, 5.41) is 14.9. The predicted octanol–water partition coefficient (Wildman–Crippen LogP) is 2.61. The Hall–Kier alpha value is -2.57. The third-order valence-corrected chi connectivity index (χ3v) is 4.63. The van der Waals surface area contributed by atoms with E-state index in [1.54, 1.807) is 29.2 Å². The minimum atomic E-state index is -0.867. The van der Waals surface area contributed by atoms with Crippen LogP contribution < -0.4 is 10.6 Å². The fourth-order valence-corrected chi connectivity index (χ4v) is 3.16. The summed E-state index contributed by atoms with van der Waals surface area (Å²) in [4.78, 5) is 37.1. The van der Waals surface area contributed by atoms with Gasteiger partial charge in [0, 0.05) is 30.4 Å². The molecule has 7 heteroatoms. The Balaban J connectivity index is 1.62. The van der Waals surface area contributed by atoms with Crippen molar-refractivity contribution >= 4 is 29.3 Å². The van der Waals surface area contributed by atoms with Gasteiger partial charge in [0.25, 0.3) is 0 Å². The molecule has 0 aromatic heterocycles. The number of hydrogen-bond acceptors (Lipinski definition) is 3. The number of carbonyl (C=O) groups excluding carboxylic acids is 2. The first-order valence-corrected chi connectivity index (χ1v) is 8.62. The van der Waals surface area contributed by atoms with Crippen molar-refractivity contribution in [2.24, 2.45) is 17.8 Å². The molecule has 134 valence electrons. The number of rotatable bonds is 4. The van der Waals surface area contributed by atoms with Crippen LogP contribution in [0.25, 0.3) is 0 Å². The Labute approximate surface area is 146 Å². The van der Waals surface area contributed by atoms with Gasteiger partial charge in [0.15, 0.2) is 0 Å². The quantitative estimate of drug-likeness (QED) is 0.781. The highest BCUT2D eigenvalue weighted by Gasteiger charge is 2.32. The standard InChI is InChI=1S/C18H23N3O4/c1-11-7-13(17(23)24)10-21(9-11)18(25)20-15-4-2-3-14(8-15)19-16(22)12-5-6-12/h2-4,8,11-13H,5-7,9-10H2,1H3,(H,19,22)(H,20,25)(H,23,24). The number of piperidine rings is 1. The number of urea groups is 1. The lowest BCUT2D eigenvalue weighted by molar-refractivity contribution is -0.143. The Morgan fingerprint density at radius 1 is 1.08 bits per heavy atom. The molecule has 7 nitrogen and oxygen atoms in total. The molecule has 1 aromatic rings. The summed E-state index contributed by atoms with van der Waals surface area (Å²) >= 11 is 0. The van der Waals surface area contributed by atoms with Crippen molar-refractivity contribution in [2.45, 2.75) is 26.2 Å². The monoisotopic (exact) mass is 345 g/mol. The zero-order valence-electron chi connectivity index (χ0n) is 14.2. The van der Waals surface area contributed by atoms with E-state index in [2.05, 4.69) is 10.6 Å². The number of nitrogens with zero attached hydrogens (tertiary/aromatic N) is 1. The summed E-state index contributed by atoms with van der Waals surface area (Å²) in [5.41, 5.74) is 1.22. The Bertz CT molecular complexity index is 687. The van der Waals surface area contributed by atoms with Crippen molar-refractivity contribution in [3.63, 3.8) is 0 Å². The smallest absolute Gasteiger partial charge is 0.321 e. The van der Waals surface area contributed by atoms with Gasteiger partial charge in [-0.2, -0.15) is 0 Å². The third kappa shape index (κ3) is 4.49. The van der Waals surface area contributed by atoms with E-state index in [0.29, 0.717) is 24.3 Å². The summed E-state index contributed by atoms with van der Waals surface area (Å²) in [5.74, 6) is -1.13. The summed E-state index contributed by atoms with van der Waals surface area (Å²) in [7, 11) is 0. The highest BCUT2D eigenvalue weighted by molar-refractivity contribution is 5.95. The molecule has 3 N–H and O–H groups in total. The second kappa shape index (κ2) is 7.13. The van der Waals surface area contributed by atoms with Crippen LogP contribution in [0, 0.1) is 17.8 Å². The zero-order valence-corrected chi connectivity index (χ0v) is 14.2. The van der Waals surface area contributed by atoms with Gasteiger partial charge < -0.3 is 20.6 Å². The van der Waals surface area contributed by atoms with Crippen LogP contribution in [0.1, 0.15) is 26.2 Å². The summed E-state index contributed by atoms with van der Waals surface area (Å²) in [6.45, 7) is 2.70. The first-order chi connectivity index (χ1) is 11.9. The van der Waals surface area contributed by atoms with Crippen LogP contribution >= 0.6 is 0 Å². The van der Waals surface area contributed by atoms with E-state index < -0.39 is 11.9 Å². The molecule has 1 saturated carbocycles. The average Bonchev–Trinajstić information content (AvgIpc) is 3.39. The molecule has 1 heterocycles. The lowest BCUT2D eigenvalue weighted by Gasteiger charge is -2.34. The van der Waals surface area contributed by atoms with Crippen LogP contribution in [0.4, 0.5) is 16.2 Å². The van der Waals surface area contributed by atoms with Gasteiger partial charge in [0.1, 0.15) is 0 Å². The number of nitrogens with one attached hydrogen (secondary N) is 2. The number of carboxylic acids is 1. The van der Waals surface area contributed by atoms with Gasteiger partial charge in [0.05, 0.1) is 5.92 Å². The third-order valence-electron chi connectivity index (χ3n) is 4.63. The van der Waals surface area contributed by atoms with Crippen molar-refractivity contribution in [3.05, 3.63) is 24.3 Å². The lowest BCUT2D eigenvalue weighted by atomic mass is 9.91. The number of aliphatic carboxylic acids is 1. The molecule has 0 spiro atoms. The molecule has 2 atom stereocenters. The number of hydrogen-bond donors (Lipinski definition) is 3. The average molecular weight is 345 g/mol. The van der Waals surface area contributed by atoms with Crippen LogP contribution in [-0.2, 0) is 9.59 Å². The summed E-state index contributed by atoms with van der Waals surface area (Å²) < 4.78 is 0. The molecule has 1 saturated heterocycles. The molecular formula is C18H23N3O4. The number of likely N-dealkylation sites (tertiary alicyclic amines) is 1. The molecule has 0 radical (unpaired) electrons. The largest absolute Gasteiger partial charge is 0.481 e. The van der Waals surface area contributed by atoms with E-state index in [1.165, 1.54) is 0 Å². The van der Waals surface area contributed by atoms with Gasteiger partial charge in [-0.15, -0.1) is 0 Å². The van der Waals surface area contributed by atoms with Crippen molar-refractivity contribution < 1.29 is 19.5 Å². The molecule has 3 rings (SSSR count). The molecule has 0 bridgehead atoms. The van der Waals surface area contributed by atoms with E-state index in [-0.39, 0.29) is 30.3 Å². The van der Waals surface area contributed by atoms with Gasteiger partial charge in [0.2, 0.25) is 5.91 Å². The molecule has 3 amide bonds. The topological polar surface area (TPSA) is 98.7 Å². The minimum Gasteiger partial charge on any atom is -0.481 e. The minimum absolute atomic E-state index is 0.0117. The van der Waals surface area contributed by atoms with Crippen LogP contribution in [0.2, 0.25) is 0 Å². The van der Waals surface area contributed by atoms with Crippen molar-refractivity contribution in [1.29, 1.82) is 0 Å². The van der Waals surface area contributed by atoms with Crippen LogP contribution in [-0.4, -0.2) is 41.0 Å². The first-order valence-electron chi connectivity index (χ1n) is 8.62. The van der Waals surface area contributed by atoms with Crippen molar-refractivity contribution in [1.82, 2.24) is 4.90 Å². The van der Waals surface area contributed by atoms with E-state index in [4.69, 9.17) is 0 Å². The van der Waals surface area contributed by atoms with Gasteiger partial charge >= 0.3 is 12.0 Å². The predicted molar refractivity (Wildman–Crippen MR) is 93.3 cm³/mol. The molecule has 1 aliphatic heterocycles. The van der Waals surface area contributed by atoms with Crippen LogP contribution in [0.5, 0.6) is 0 Å². The van der Waals surface area contributed by atoms with Crippen molar-refractivity contribution in [2.75, 3.05) is 23.7 Å². The molecular weight excluding hydrogens is 322 g/mol. The highest BCUT2D eigenvalue weighted by Crippen LogP contribution is 2.30. The number of carboxylic acid groups (broad SMARTS) is 1. The second-order valence-corrected chi connectivity index (χ2v) is 7.06. The van der Waals surface area contributed by atoms with E-state index in [9.17, 15) is 19.5 Å². The van der Waals surface area contributed by atoms with E-state index >= 15 is 0 Å². The summed E-state index contributed by atoms with van der Waals surface area (Å²) in [6.07, 6.45) is 2.45. The normalized spacial score (nSPS) is 23.0. The highest BCUT2D eigenvalue weighted by atomic mass is 16.4. The van der Waals surface area contributed by atoms with Crippen LogP contribution in [0.15, 0.2) is 24.3 Å². The number of anilines is 2. The molecule has 2 aliphatic rings. The van der Waals surface area contributed by atoms with Crippen LogP contribution in [0.3, 0.4) is 0 Å². The Morgan fingerprint density at radius 2 is 1.76 bits per heavy atom. The van der Waals surface area contributed by atoms with Crippen molar-refractivity contribution in [3.8, 4) is 0 Å². The van der Waals surface area contributed by atoms with Gasteiger partial charge in [-0.1, -0.05) is 13.0 Å². The molecule has 2 unspecified atom stereocenters. The fourth-order valence-electron chi connectivity index (χ4n) is 3.16. The molecule has 1 aromatic carbocycles. The van der Waals surface area contributed by atoms with Gasteiger partial charge in [-0.25, -0.2) is 4.79 Å². The van der Waals surface area contributed by atoms with Gasteiger partial charge in [-0.05, 0) is 43.4 Å². The first kappa shape index (κ1) is 17.3. The molecule has 1 aliphatic carbocycles. The maximum atomic E-state index is 12.5. The Kier molecular flexibility index (Phi) is 4.92. The fraction of sp³-hybridized carbons (Fsp3) is 0.500. The lowest BCUT2D eigenvalue weighted by Crippen LogP contribution is -2.47. The van der Waals surface area contributed by atoms with E-state index in [0.717, 1.165) is 12.8 Å².